The predicted molar refractivity (Wildman–Crippen MR) is 54.7 cm³/mol. The normalized spacial score (nSPS) is 20.0. The molecule has 14 heavy (non-hydrogen) atoms. The van der Waals surface area contributed by atoms with Gasteiger partial charge in [-0.15, -0.1) is 0 Å². The molecule has 0 aliphatic carbocycles. The third-order valence-electron chi connectivity index (χ3n) is 2.36. The summed E-state index contributed by atoms with van der Waals surface area (Å²) in [5, 5.41) is 0. The van der Waals surface area contributed by atoms with E-state index in [0.717, 1.165) is 12.4 Å². The number of benzene rings is 1. The van der Waals surface area contributed by atoms with Crippen LogP contribution in [-0.4, -0.2) is 13.2 Å². The van der Waals surface area contributed by atoms with E-state index in [1.54, 1.807) is 0 Å². The summed E-state index contributed by atoms with van der Waals surface area (Å²) in [5.74, 6) is 1.26. The van der Waals surface area contributed by atoms with Gasteiger partial charge in [-0.1, -0.05) is 36.9 Å². The van der Waals surface area contributed by atoms with E-state index < -0.39 is 0 Å². The molecule has 2 nitrogen and oxygen atoms in total. The highest BCUT2D eigenvalue weighted by atomic mass is 16.5. The summed E-state index contributed by atoms with van der Waals surface area (Å²) in [5.41, 5.74) is 1.21. The van der Waals surface area contributed by atoms with E-state index in [-0.39, 0.29) is 0 Å². The lowest BCUT2D eigenvalue weighted by Gasteiger charge is -2.29. The number of ether oxygens (including phenoxy) is 2. The zero-order chi connectivity index (χ0) is 9.80. The van der Waals surface area contributed by atoms with E-state index in [1.807, 2.05) is 18.2 Å². The first-order chi connectivity index (χ1) is 6.86. The van der Waals surface area contributed by atoms with Gasteiger partial charge in [0, 0.05) is 0 Å². The van der Waals surface area contributed by atoms with Crippen LogP contribution in [0.5, 0.6) is 0 Å². The second kappa shape index (κ2) is 4.29. The van der Waals surface area contributed by atoms with Crippen LogP contribution >= 0.6 is 0 Å². The third-order valence-corrected chi connectivity index (χ3v) is 2.36. The maximum atomic E-state index is 5.55. The smallest absolute Gasteiger partial charge is 0.0998 e. The maximum absolute atomic E-state index is 5.55. The minimum atomic E-state index is 0.402. The first kappa shape index (κ1) is 9.28. The van der Waals surface area contributed by atoms with Crippen molar-refractivity contribution in [1.82, 2.24) is 0 Å². The minimum Gasteiger partial charge on any atom is -0.497 e. The van der Waals surface area contributed by atoms with Gasteiger partial charge in [0.25, 0.3) is 0 Å². The van der Waals surface area contributed by atoms with Gasteiger partial charge in [-0.3, -0.25) is 0 Å². The Labute approximate surface area is 84.2 Å². The van der Waals surface area contributed by atoms with Crippen molar-refractivity contribution >= 4 is 0 Å². The van der Waals surface area contributed by atoms with Crippen LogP contribution in [0.2, 0.25) is 0 Å². The van der Waals surface area contributed by atoms with Crippen molar-refractivity contribution in [3.63, 3.8) is 0 Å². The van der Waals surface area contributed by atoms with Gasteiger partial charge in [0.2, 0.25) is 0 Å². The van der Waals surface area contributed by atoms with Crippen LogP contribution in [0.3, 0.4) is 0 Å². The molecule has 1 unspecified atom stereocenters. The van der Waals surface area contributed by atoms with Crippen LogP contribution < -0.4 is 0 Å². The molecule has 1 aromatic rings. The Morgan fingerprint density at radius 2 is 2.14 bits per heavy atom. The first-order valence-corrected chi connectivity index (χ1v) is 4.79. The number of hydrogen-bond acceptors (Lipinski definition) is 2. The average Bonchev–Trinajstić information content (AvgIpc) is 2.24. The SMILES string of the molecule is C=C1OCC1COCc1ccccc1. The van der Waals surface area contributed by atoms with E-state index >= 15 is 0 Å². The van der Waals surface area contributed by atoms with Crippen LogP contribution in [0, 0.1) is 5.92 Å². The lowest BCUT2D eigenvalue weighted by Crippen LogP contribution is -2.28. The summed E-state index contributed by atoms with van der Waals surface area (Å²) in [6.45, 7) is 5.91. The van der Waals surface area contributed by atoms with E-state index in [0.29, 0.717) is 19.1 Å². The van der Waals surface area contributed by atoms with Crippen molar-refractivity contribution in [1.29, 1.82) is 0 Å². The highest BCUT2D eigenvalue weighted by Gasteiger charge is 2.24. The minimum absolute atomic E-state index is 0.402. The Bertz CT molecular complexity index is 305. The molecule has 1 atom stereocenters. The summed E-state index contributed by atoms with van der Waals surface area (Å²) in [4.78, 5) is 0. The quantitative estimate of drug-likeness (QED) is 0.725. The fourth-order valence-electron chi connectivity index (χ4n) is 1.35. The molecule has 1 aromatic carbocycles. The lowest BCUT2D eigenvalue weighted by molar-refractivity contribution is -0.0151. The Hall–Kier alpha value is -1.28. The monoisotopic (exact) mass is 190 g/mol. The second-order valence-corrected chi connectivity index (χ2v) is 3.47. The molecule has 2 heteroatoms. The van der Waals surface area contributed by atoms with Gasteiger partial charge in [0.05, 0.1) is 31.5 Å². The van der Waals surface area contributed by atoms with E-state index in [4.69, 9.17) is 9.47 Å². The third kappa shape index (κ3) is 2.15. The second-order valence-electron chi connectivity index (χ2n) is 3.47. The van der Waals surface area contributed by atoms with E-state index in [9.17, 15) is 0 Å². The van der Waals surface area contributed by atoms with Gasteiger partial charge in [-0.05, 0) is 5.56 Å². The summed E-state index contributed by atoms with van der Waals surface area (Å²) in [6.07, 6.45) is 0. The van der Waals surface area contributed by atoms with Crippen molar-refractivity contribution in [3.05, 3.63) is 48.2 Å². The van der Waals surface area contributed by atoms with Crippen molar-refractivity contribution < 1.29 is 9.47 Å². The summed E-state index contributed by atoms with van der Waals surface area (Å²) in [7, 11) is 0. The fraction of sp³-hybridized carbons (Fsp3) is 0.333. The number of hydrogen-bond donors (Lipinski definition) is 0. The average molecular weight is 190 g/mol. The summed E-state index contributed by atoms with van der Waals surface area (Å²) < 4.78 is 10.6. The highest BCUT2D eigenvalue weighted by molar-refractivity contribution is 5.13. The zero-order valence-corrected chi connectivity index (χ0v) is 8.11. The van der Waals surface area contributed by atoms with Gasteiger partial charge in [-0.25, -0.2) is 0 Å². The molecule has 0 N–H and O–H groups in total. The van der Waals surface area contributed by atoms with Gasteiger partial charge in [0.15, 0.2) is 0 Å². The van der Waals surface area contributed by atoms with E-state index in [2.05, 4.69) is 18.7 Å². The van der Waals surface area contributed by atoms with Crippen molar-refractivity contribution in [2.24, 2.45) is 5.92 Å². The molecule has 0 spiro atoms. The predicted octanol–water partition coefficient (Wildman–Crippen LogP) is 2.36. The molecule has 0 radical (unpaired) electrons. The Morgan fingerprint density at radius 3 is 2.71 bits per heavy atom. The van der Waals surface area contributed by atoms with Crippen LogP contribution in [0.15, 0.2) is 42.7 Å². The van der Waals surface area contributed by atoms with Crippen molar-refractivity contribution in [2.45, 2.75) is 6.61 Å². The number of rotatable bonds is 4. The molecule has 0 bridgehead atoms. The molecule has 1 fully saturated rings. The molecular weight excluding hydrogens is 176 g/mol. The molecule has 2 rings (SSSR count). The molecule has 1 aliphatic heterocycles. The Kier molecular flexibility index (Phi) is 2.84. The molecule has 74 valence electrons. The van der Waals surface area contributed by atoms with Crippen LogP contribution in [0.1, 0.15) is 5.56 Å². The summed E-state index contributed by atoms with van der Waals surface area (Å²) >= 11 is 0. The molecule has 1 heterocycles. The Morgan fingerprint density at radius 1 is 1.36 bits per heavy atom. The lowest BCUT2D eigenvalue weighted by atomic mass is 10.1. The first-order valence-electron chi connectivity index (χ1n) is 4.79. The van der Waals surface area contributed by atoms with Crippen LogP contribution in [-0.2, 0) is 16.1 Å². The molecule has 1 saturated heterocycles. The standard InChI is InChI=1S/C12H14O2/c1-10-12(9-14-10)8-13-7-11-5-3-2-4-6-11/h2-6,12H,1,7-9H2. The molecular formula is C12H14O2. The van der Waals surface area contributed by atoms with Gasteiger partial charge < -0.3 is 9.47 Å². The van der Waals surface area contributed by atoms with E-state index in [1.165, 1.54) is 5.56 Å². The Balaban J connectivity index is 1.70. The summed E-state index contributed by atoms with van der Waals surface area (Å²) in [6, 6.07) is 10.2. The highest BCUT2D eigenvalue weighted by Crippen LogP contribution is 2.22. The van der Waals surface area contributed by atoms with Crippen LogP contribution in [0.25, 0.3) is 0 Å². The topological polar surface area (TPSA) is 18.5 Å². The molecule has 1 aliphatic rings. The van der Waals surface area contributed by atoms with Crippen molar-refractivity contribution in [3.8, 4) is 0 Å². The van der Waals surface area contributed by atoms with Gasteiger partial charge in [-0.2, -0.15) is 0 Å². The zero-order valence-electron chi connectivity index (χ0n) is 8.11. The largest absolute Gasteiger partial charge is 0.497 e. The van der Waals surface area contributed by atoms with Gasteiger partial charge in [0.1, 0.15) is 0 Å². The van der Waals surface area contributed by atoms with Crippen molar-refractivity contribution in [2.75, 3.05) is 13.2 Å². The van der Waals surface area contributed by atoms with Crippen LogP contribution in [0.4, 0.5) is 0 Å². The van der Waals surface area contributed by atoms with Gasteiger partial charge >= 0.3 is 0 Å². The molecule has 0 amide bonds. The fourth-order valence-corrected chi connectivity index (χ4v) is 1.35. The molecule has 0 aromatic heterocycles. The maximum Gasteiger partial charge on any atom is 0.0998 e. The molecule has 0 saturated carbocycles.